The van der Waals surface area contributed by atoms with Crippen molar-refractivity contribution in [1.82, 2.24) is 49.9 Å². The van der Waals surface area contributed by atoms with Gasteiger partial charge in [-0.25, -0.2) is 18.4 Å². The topological polar surface area (TPSA) is 145 Å². The summed E-state index contributed by atoms with van der Waals surface area (Å²) >= 11 is 38.4. The maximum absolute atomic E-state index is 14.2. The van der Waals surface area contributed by atoms with E-state index in [0.29, 0.717) is 65.4 Å². The molecule has 568 valence electrons. The van der Waals surface area contributed by atoms with Crippen LogP contribution in [0.4, 0.5) is 4.39 Å². The van der Waals surface area contributed by atoms with Crippen LogP contribution >= 0.6 is 69.6 Å². The van der Waals surface area contributed by atoms with Crippen LogP contribution in [-0.2, 0) is 19.3 Å². The Bertz CT molecular complexity index is 5240. The monoisotopic (exact) mass is 1600 g/mol. The Labute approximate surface area is 678 Å². The number of halogens is 7. The third kappa shape index (κ3) is 18.4. The normalized spacial score (nSPS) is 17.4. The Morgan fingerprint density at radius 1 is 0.441 bits per heavy atom. The number of carbonyl (C=O) groups excluding carboxylic acids is 3. The minimum atomic E-state index is -0.280. The van der Waals surface area contributed by atoms with Crippen LogP contribution in [0.2, 0.25) is 30.1 Å². The van der Waals surface area contributed by atoms with Crippen molar-refractivity contribution in [3.63, 3.8) is 0 Å². The number of carbonyl (C=O) groups is 3. The number of aromatic nitrogens is 7. The summed E-state index contributed by atoms with van der Waals surface area (Å²) < 4.78 is 19.2. The van der Waals surface area contributed by atoms with Crippen LogP contribution in [0, 0.1) is 11.7 Å². The second-order valence-corrected chi connectivity index (χ2v) is 31.8. The first-order valence-electron chi connectivity index (χ1n) is 38.6. The van der Waals surface area contributed by atoms with Crippen molar-refractivity contribution >= 4 is 122 Å². The van der Waals surface area contributed by atoms with Crippen molar-refractivity contribution < 1.29 is 18.8 Å². The number of likely N-dealkylation sites (tertiary alicyclic amines) is 1. The molecule has 3 atom stereocenters. The minimum absolute atomic E-state index is 0.0807. The number of rotatable bonds is 14. The lowest BCUT2D eigenvalue weighted by Gasteiger charge is -2.28. The molecular formula is C91H87Cl6FN10O3. The second kappa shape index (κ2) is 36.4. The number of nitrogens with one attached hydrogen (secondary N) is 2. The quantitative estimate of drug-likeness (QED) is 0.103. The van der Waals surface area contributed by atoms with E-state index in [1.807, 2.05) is 173 Å². The third-order valence-electron chi connectivity index (χ3n) is 21.7. The highest BCUT2D eigenvalue weighted by Crippen LogP contribution is 2.43. The van der Waals surface area contributed by atoms with Gasteiger partial charge in [0.05, 0.1) is 67.0 Å². The van der Waals surface area contributed by atoms with Crippen molar-refractivity contribution in [1.29, 1.82) is 0 Å². The molecule has 0 radical (unpaired) electrons. The van der Waals surface area contributed by atoms with Crippen LogP contribution < -0.4 is 10.6 Å². The zero-order valence-electron chi connectivity index (χ0n) is 62.1. The molecule has 0 spiro atoms. The molecule has 111 heavy (non-hydrogen) atoms. The number of fused-ring (bicyclic) bond motifs is 3. The molecule has 3 amide bonds. The van der Waals surface area contributed by atoms with Crippen LogP contribution in [0.25, 0.3) is 52.0 Å². The fraction of sp³-hybridized carbons (Fsp3) is 0.286. The van der Waals surface area contributed by atoms with Gasteiger partial charge in [-0.1, -0.05) is 186 Å². The minimum Gasteiger partial charge on any atom is -0.348 e. The van der Waals surface area contributed by atoms with Crippen molar-refractivity contribution in [3.8, 4) is 17.1 Å². The average molecular weight is 1600 g/mol. The third-order valence-corrected chi connectivity index (χ3v) is 23.4. The molecule has 2 N–H and O–H groups in total. The van der Waals surface area contributed by atoms with Gasteiger partial charge >= 0.3 is 0 Å². The molecule has 16 rings (SSSR count). The van der Waals surface area contributed by atoms with Gasteiger partial charge in [-0.05, 0) is 271 Å². The SMILES string of the molecule is C[C@@H](NC(=O)c1nn(-c2ccccc2Cl)c2c1CCCC/C2=C\c1ccc(Cl)cc1)C1CCCCC1.C[C@@H](NC(=O)c1nn(-c2ccccc2Cl)c2c1CCCC/C2=C\c1ccc(Cl)cc1)c1ccccc1.O=C(c1nn(-c2ccc(Cl)cc2Cl)c2c1CCCC/C2=C\c1ccc(F)cc1)N1CCCC1c1ccccn1. The molecule has 1 saturated carbocycles. The molecule has 13 nitrogen and oxygen atoms in total. The van der Waals surface area contributed by atoms with Gasteiger partial charge in [-0.2, -0.15) is 15.3 Å². The van der Waals surface area contributed by atoms with Gasteiger partial charge in [0.25, 0.3) is 17.7 Å². The molecule has 1 aliphatic heterocycles. The lowest BCUT2D eigenvalue weighted by molar-refractivity contribution is 0.0724. The fourth-order valence-electron chi connectivity index (χ4n) is 16.1. The lowest BCUT2D eigenvalue weighted by Crippen LogP contribution is -2.39. The van der Waals surface area contributed by atoms with Gasteiger partial charge in [-0.3, -0.25) is 19.4 Å². The Hall–Kier alpha value is -9.38. The van der Waals surface area contributed by atoms with Gasteiger partial charge in [0.15, 0.2) is 17.1 Å². The zero-order valence-corrected chi connectivity index (χ0v) is 66.6. The summed E-state index contributed by atoms with van der Waals surface area (Å²) in [5.74, 6) is -0.0970. The van der Waals surface area contributed by atoms with E-state index in [2.05, 4.69) is 40.8 Å². The number of amides is 3. The van der Waals surface area contributed by atoms with E-state index in [4.69, 9.17) is 84.9 Å². The molecule has 7 aromatic carbocycles. The first-order chi connectivity index (χ1) is 54.0. The number of hydrogen-bond acceptors (Lipinski definition) is 7. The van der Waals surface area contributed by atoms with E-state index in [0.717, 1.165) is 180 Å². The fourth-order valence-corrected chi connectivity index (χ4v) is 17.2. The molecule has 0 bridgehead atoms. The summed E-state index contributed by atoms with van der Waals surface area (Å²) in [6.07, 6.45) is 27.0. The summed E-state index contributed by atoms with van der Waals surface area (Å²) in [5, 5.41) is 24.8. The highest BCUT2D eigenvalue weighted by atomic mass is 35.5. The maximum Gasteiger partial charge on any atom is 0.275 e. The summed E-state index contributed by atoms with van der Waals surface area (Å²) in [4.78, 5) is 47.9. The predicted octanol–water partition coefficient (Wildman–Crippen LogP) is 24.0. The Morgan fingerprint density at radius 2 is 0.883 bits per heavy atom. The number of nitrogens with zero attached hydrogens (tertiary/aromatic N) is 8. The largest absolute Gasteiger partial charge is 0.348 e. The van der Waals surface area contributed by atoms with Crippen LogP contribution in [0.5, 0.6) is 0 Å². The molecule has 11 aromatic rings. The first-order valence-corrected chi connectivity index (χ1v) is 40.9. The Morgan fingerprint density at radius 3 is 1.38 bits per heavy atom. The second-order valence-electron chi connectivity index (χ2n) is 29.2. The molecule has 4 aromatic heterocycles. The van der Waals surface area contributed by atoms with Gasteiger partial charge in [0, 0.05) is 50.5 Å². The molecular weight excluding hydrogens is 1510 g/mol. The van der Waals surface area contributed by atoms with E-state index in [1.165, 1.54) is 44.2 Å². The number of benzene rings is 7. The van der Waals surface area contributed by atoms with Crippen LogP contribution in [0.1, 0.15) is 222 Å². The van der Waals surface area contributed by atoms with Crippen LogP contribution in [0.15, 0.2) is 194 Å². The van der Waals surface area contributed by atoms with Crippen LogP contribution in [-0.4, -0.2) is 69.5 Å². The van der Waals surface area contributed by atoms with Crippen molar-refractivity contribution in [3.05, 3.63) is 309 Å². The van der Waals surface area contributed by atoms with E-state index < -0.39 is 0 Å². The number of pyridine rings is 1. The molecule has 4 aliphatic carbocycles. The van der Waals surface area contributed by atoms with Gasteiger partial charge in [0.1, 0.15) is 5.82 Å². The van der Waals surface area contributed by atoms with Crippen molar-refractivity contribution in [2.75, 3.05) is 6.54 Å². The van der Waals surface area contributed by atoms with Crippen molar-refractivity contribution in [2.45, 2.75) is 154 Å². The van der Waals surface area contributed by atoms with Gasteiger partial charge in [0.2, 0.25) is 0 Å². The lowest BCUT2D eigenvalue weighted by atomic mass is 9.84. The maximum atomic E-state index is 14.2. The Balaban J connectivity index is 0.000000139. The molecule has 5 aliphatic rings. The molecule has 20 heteroatoms. The van der Waals surface area contributed by atoms with Crippen molar-refractivity contribution in [2.24, 2.45) is 5.92 Å². The summed E-state index contributed by atoms with van der Waals surface area (Å²) in [6.45, 7) is 4.79. The highest BCUT2D eigenvalue weighted by Gasteiger charge is 2.38. The summed E-state index contributed by atoms with van der Waals surface area (Å²) in [7, 11) is 0. The van der Waals surface area contributed by atoms with Gasteiger partial charge in [-0.15, -0.1) is 0 Å². The number of hydrogen-bond donors (Lipinski definition) is 2. The van der Waals surface area contributed by atoms with E-state index in [1.54, 1.807) is 35.1 Å². The number of allylic oxidation sites excluding steroid dienone is 3. The van der Waals surface area contributed by atoms with Crippen LogP contribution in [0.3, 0.4) is 0 Å². The number of para-hydroxylation sites is 2. The molecule has 5 heterocycles. The predicted molar refractivity (Wildman–Crippen MR) is 449 cm³/mol. The molecule has 1 unspecified atom stereocenters. The molecule has 1 saturated heterocycles. The average Bonchev–Trinajstić information content (AvgIpc) is 1.62. The summed E-state index contributed by atoms with van der Waals surface area (Å²) in [6, 6.07) is 58.4. The first kappa shape index (κ1) is 78.3. The van der Waals surface area contributed by atoms with E-state index >= 15 is 0 Å². The van der Waals surface area contributed by atoms with E-state index in [-0.39, 0.29) is 41.7 Å². The smallest absolute Gasteiger partial charge is 0.275 e. The van der Waals surface area contributed by atoms with E-state index in [9.17, 15) is 18.8 Å². The van der Waals surface area contributed by atoms with Gasteiger partial charge < -0.3 is 15.5 Å². The Kier molecular flexibility index (Phi) is 25.7. The highest BCUT2D eigenvalue weighted by molar-refractivity contribution is 6.36. The molecule has 2 fully saturated rings. The standard InChI is InChI=1S/C31H27Cl2FN4O.C30H33Cl2N3O.C30H27Cl2N3O/c32-22-12-15-27(25(33)19-22)38-30-21(18-20-10-13-23(34)14-11-20)6-1-2-7-24(30)29(36-38)31(39)37-17-5-9-28(37)26-8-3-4-16-35-26;2*1-20(22-9-3-2-4-10-22)33-30(36)28-25-12-6-5-11-23(19-21-15-17-24(31)18-16-21)29(25)35(34-28)27-14-8-7-13-26(27)32/h3-4,8,10-16,18-19,28H,1-2,5-7,9,17H2;7-8,13-20,22H,2-6,9-12H2,1H3,(H,33,36);2-4,7-10,13-20H,5-6,11-12H2,1H3,(H,33,36)/b21-18+;2*23-19+/t;2*20-/m.11/s1. The zero-order chi connectivity index (χ0) is 77.1. The summed E-state index contributed by atoms with van der Waals surface area (Å²) in [5.41, 5.74) is 17.6.